The van der Waals surface area contributed by atoms with E-state index in [-0.39, 0.29) is 10.6 Å². The van der Waals surface area contributed by atoms with E-state index in [1.54, 1.807) is 6.07 Å². The molecule has 0 spiro atoms. The van der Waals surface area contributed by atoms with Crippen LogP contribution < -0.4 is 11.1 Å². The number of aryl methyl sites for hydroxylation is 1. The van der Waals surface area contributed by atoms with Crippen molar-refractivity contribution in [3.63, 3.8) is 0 Å². The van der Waals surface area contributed by atoms with Crippen molar-refractivity contribution in [3.8, 4) is 0 Å². The summed E-state index contributed by atoms with van der Waals surface area (Å²) in [6.45, 7) is 1.89. The number of halogens is 2. The summed E-state index contributed by atoms with van der Waals surface area (Å²) in [6.07, 6.45) is 0. The second-order valence-corrected chi connectivity index (χ2v) is 4.90. The molecule has 0 aliphatic carbocycles. The highest BCUT2D eigenvalue weighted by atomic mass is 35.5. The molecule has 0 aromatic heterocycles. The third-order valence-corrected chi connectivity index (χ3v) is 3.24. The Labute approximate surface area is 121 Å². The number of para-hydroxylation sites is 1. The molecular formula is C15H14ClFN2O. The zero-order valence-corrected chi connectivity index (χ0v) is 11.6. The number of amides is 1. The molecule has 1 unspecified atom stereocenters. The van der Waals surface area contributed by atoms with Gasteiger partial charge in [0.2, 0.25) is 5.91 Å². The number of nitrogens with one attached hydrogen (secondary N) is 1. The fourth-order valence-electron chi connectivity index (χ4n) is 1.93. The largest absolute Gasteiger partial charge is 0.370 e. The fraction of sp³-hybridized carbons (Fsp3) is 0.133. The summed E-state index contributed by atoms with van der Waals surface area (Å²) in [5, 5.41) is 3.23. The van der Waals surface area contributed by atoms with Crippen molar-refractivity contribution in [2.24, 2.45) is 5.73 Å². The van der Waals surface area contributed by atoms with Gasteiger partial charge in [0.1, 0.15) is 11.9 Å². The molecule has 0 saturated carbocycles. The molecule has 0 fully saturated rings. The maximum atomic E-state index is 13.9. The molecule has 0 radical (unpaired) electrons. The van der Waals surface area contributed by atoms with Crippen molar-refractivity contribution in [1.29, 1.82) is 0 Å². The maximum Gasteiger partial charge on any atom is 0.244 e. The van der Waals surface area contributed by atoms with Crippen LogP contribution in [0.1, 0.15) is 17.2 Å². The molecular weight excluding hydrogens is 279 g/mol. The van der Waals surface area contributed by atoms with Crippen molar-refractivity contribution in [2.75, 3.05) is 5.32 Å². The Morgan fingerprint density at radius 2 is 2.00 bits per heavy atom. The molecule has 5 heteroatoms. The summed E-state index contributed by atoms with van der Waals surface area (Å²) in [6, 6.07) is 10.6. The predicted octanol–water partition coefficient (Wildman–Crippen LogP) is 3.43. The Bertz CT molecular complexity index is 646. The van der Waals surface area contributed by atoms with E-state index in [1.807, 2.05) is 25.1 Å². The van der Waals surface area contributed by atoms with Crippen LogP contribution in [-0.4, -0.2) is 5.91 Å². The van der Waals surface area contributed by atoms with Gasteiger partial charge < -0.3 is 11.1 Å². The fourth-order valence-corrected chi connectivity index (χ4v) is 2.09. The second kappa shape index (κ2) is 5.92. The highest BCUT2D eigenvalue weighted by Gasteiger charge is 2.21. The van der Waals surface area contributed by atoms with Crippen LogP contribution in [0.5, 0.6) is 0 Å². The van der Waals surface area contributed by atoms with Crippen LogP contribution in [0.2, 0.25) is 5.02 Å². The van der Waals surface area contributed by atoms with Crippen molar-refractivity contribution < 1.29 is 9.18 Å². The lowest BCUT2D eigenvalue weighted by atomic mass is 10.0. The van der Waals surface area contributed by atoms with E-state index < -0.39 is 17.8 Å². The van der Waals surface area contributed by atoms with Gasteiger partial charge in [-0.05, 0) is 30.7 Å². The number of carbonyl (C=O) groups excluding carboxylic acids is 1. The van der Waals surface area contributed by atoms with Gasteiger partial charge in [-0.15, -0.1) is 0 Å². The van der Waals surface area contributed by atoms with Crippen molar-refractivity contribution >= 4 is 23.2 Å². The summed E-state index contributed by atoms with van der Waals surface area (Å²) >= 11 is 5.71. The van der Waals surface area contributed by atoms with E-state index >= 15 is 0 Å². The molecule has 0 aliphatic heterocycles. The van der Waals surface area contributed by atoms with Crippen molar-refractivity contribution in [1.82, 2.24) is 0 Å². The topological polar surface area (TPSA) is 55.1 Å². The Balaban J connectivity index is 2.37. The molecule has 0 aliphatic rings. The third-order valence-electron chi connectivity index (χ3n) is 3.00. The SMILES string of the molecule is Cc1ccccc1NC(C(N)=O)c1ccc(Cl)cc1F. The van der Waals surface area contributed by atoms with E-state index in [4.69, 9.17) is 17.3 Å². The average molecular weight is 293 g/mol. The number of benzene rings is 2. The van der Waals surface area contributed by atoms with Gasteiger partial charge in [0.15, 0.2) is 0 Å². The smallest absolute Gasteiger partial charge is 0.244 e. The molecule has 2 aromatic carbocycles. The van der Waals surface area contributed by atoms with Crippen LogP contribution in [0.15, 0.2) is 42.5 Å². The molecule has 1 amide bonds. The van der Waals surface area contributed by atoms with Gasteiger partial charge in [0.05, 0.1) is 0 Å². The normalized spacial score (nSPS) is 11.9. The van der Waals surface area contributed by atoms with Crippen LogP contribution in [0.4, 0.5) is 10.1 Å². The number of hydrogen-bond acceptors (Lipinski definition) is 2. The number of nitrogens with two attached hydrogens (primary N) is 1. The zero-order chi connectivity index (χ0) is 14.7. The molecule has 3 N–H and O–H groups in total. The second-order valence-electron chi connectivity index (χ2n) is 4.46. The predicted molar refractivity (Wildman–Crippen MR) is 78.1 cm³/mol. The minimum atomic E-state index is -0.951. The third kappa shape index (κ3) is 3.08. The van der Waals surface area contributed by atoms with Gasteiger partial charge in [-0.3, -0.25) is 4.79 Å². The highest BCUT2D eigenvalue weighted by molar-refractivity contribution is 6.30. The summed E-state index contributed by atoms with van der Waals surface area (Å²) in [7, 11) is 0. The molecule has 3 nitrogen and oxygen atoms in total. The summed E-state index contributed by atoms with van der Waals surface area (Å²) in [4.78, 5) is 11.6. The van der Waals surface area contributed by atoms with Crippen LogP contribution in [0.25, 0.3) is 0 Å². The number of rotatable bonds is 4. The van der Waals surface area contributed by atoms with E-state index in [0.717, 1.165) is 17.3 Å². The van der Waals surface area contributed by atoms with Gasteiger partial charge in [-0.1, -0.05) is 35.9 Å². The minimum absolute atomic E-state index is 0.171. The Morgan fingerprint density at radius 1 is 1.30 bits per heavy atom. The van der Waals surface area contributed by atoms with Gasteiger partial charge >= 0.3 is 0 Å². The van der Waals surface area contributed by atoms with E-state index in [0.29, 0.717) is 0 Å². The summed E-state index contributed by atoms with van der Waals surface area (Å²) in [5.74, 6) is -1.23. The van der Waals surface area contributed by atoms with E-state index in [9.17, 15) is 9.18 Å². The minimum Gasteiger partial charge on any atom is -0.370 e. The number of carbonyl (C=O) groups is 1. The molecule has 0 heterocycles. The first-order valence-electron chi connectivity index (χ1n) is 6.05. The lowest BCUT2D eigenvalue weighted by Gasteiger charge is -2.19. The molecule has 2 rings (SSSR count). The number of primary amides is 1. The van der Waals surface area contributed by atoms with Crippen LogP contribution in [0, 0.1) is 12.7 Å². The first-order valence-corrected chi connectivity index (χ1v) is 6.43. The standard InChI is InChI=1S/C15H14ClFN2O/c1-9-4-2-3-5-13(9)19-14(15(18)20)11-7-6-10(16)8-12(11)17/h2-8,14,19H,1H3,(H2,18,20). The monoisotopic (exact) mass is 292 g/mol. The lowest BCUT2D eigenvalue weighted by Crippen LogP contribution is -2.28. The first-order chi connectivity index (χ1) is 9.49. The molecule has 104 valence electrons. The summed E-state index contributed by atoms with van der Waals surface area (Å²) in [5.41, 5.74) is 7.21. The van der Waals surface area contributed by atoms with E-state index in [1.165, 1.54) is 12.1 Å². The van der Waals surface area contributed by atoms with Gasteiger partial charge in [0, 0.05) is 16.3 Å². The molecule has 1 atom stereocenters. The summed E-state index contributed by atoms with van der Waals surface area (Å²) < 4.78 is 13.9. The first kappa shape index (κ1) is 14.3. The average Bonchev–Trinajstić information content (AvgIpc) is 2.38. The lowest BCUT2D eigenvalue weighted by molar-refractivity contribution is -0.118. The molecule has 20 heavy (non-hydrogen) atoms. The van der Waals surface area contributed by atoms with Gasteiger partial charge in [-0.25, -0.2) is 4.39 Å². The quantitative estimate of drug-likeness (QED) is 0.907. The zero-order valence-electron chi connectivity index (χ0n) is 10.9. The van der Waals surface area contributed by atoms with Crippen molar-refractivity contribution in [3.05, 3.63) is 64.4 Å². The highest BCUT2D eigenvalue weighted by Crippen LogP contribution is 2.25. The maximum absolute atomic E-state index is 13.9. The Morgan fingerprint density at radius 3 is 2.60 bits per heavy atom. The van der Waals surface area contributed by atoms with Gasteiger partial charge in [0.25, 0.3) is 0 Å². The van der Waals surface area contributed by atoms with Crippen LogP contribution >= 0.6 is 11.6 Å². The van der Waals surface area contributed by atoms with Crippen molar-refractivity contribution in [2.45, 2.75) is 13.0 Å². The molecule has 2 aromatic rings. The van der Waals surface area contributed by atoms with Gasteiger partial charge in [-0.2, -0.15) is 0 Å². The van der Waals surface area contributed by atoms with Crippen LogP contribution in [-0.2, 0) is 4.79 Å². The van der Waals surface area contributed by atoms with Crippen LogP contribution in [0.3, 0.4) is 0 Å². The molecule has 0 saturated heterocycles. The van der Waals surface area contributed by atoms with E-state index in [2.05, 4.69) is 5.32 Å². The number of anilines is 1. The Hall–Kier alpha value is -2.07. The number of hydrogen-bond donors (Lipinski definition) is 2. The molecule has 0 bridgehead atoms. The Kier molecular flexibility index (Phi) is 4.25.